The van der Waals surface area contributed by atoms with Crippen molar-refractivity contribution in [3.05, 3.63) is 65.2 Å². The number of anilines is 1. The summed E-state index contributed by atoms with van der Waals surface area (Å²) in [6, 6.07) is 15.3. The van der Waals surface area contributed by atoms with E-state index in [4.69, 9.17) is 0 Å². The maximum atomic E-state index is 12.3. The predicted octanol–water partition coefficient (Wildman–Crippen LogP) is 3.83. The fourth-order valence-electron chi connectivity index (χ4n) is 2.60. The molecule has 0 aliphatic heterocycles. The molecule has 2 N–H and O–H groups in total. The van der Waals surface area contributed by atoms with Crippen LogP contribution in [-0.4, -0.2) is 18.1 Å². The van der Waals surface area contributed by atoms with E-state index in [0.29, 0.717) is 12.1 Å². The highest BCUT2D eigenvalue weighted by Gasteiger charge is 2.29. The largest absolute Gasteiger partial charge is 0.348 e. The van der Waals surface area contributed by atoms with Gasteiger partial charge >= 0.3 is 0 Å². The number of rotatable bonds is 7. The summed E-state index contributed by atoms with van der Waals surface area (Å²) in [5, 5.41) is 5.87. The molecule has 2 aromatic carbocycles. The smallest absolute Gasteiger partial charge is 0.251 e. The molecule has 0 bridgehead atoms. The number of thioether (sulfide) groups is 1. The van der Waals surface area contributed by atoms with E-state index in [1.54, 1.807) is 11.8 Å². The lowest BCUT2D eigenvalue weighted by Gasteiger charge is -2.09. The second kappa shape index (κ2) is 8.21. The molecule has 3 rings (SSSR count). The topological polar surface area (TPSA) is 58.2 Å². The third-order valence-electron chi connectivity index (χ3n) is 4.10. The maximum Gasteiger partial charge on any atom is 0.251 e. The van der Waals surface area contributed by atoms with Crippen molar-refractivity contribution >= 4 is 29.3 Å². The fourth-order valence-corrected chi connectivity index (χ4v) is 3.12. The number of benzene rings is 2. The van der Waals surface area contributed by atoms with Crippen LogP contribution in [0.15, 0.2) is 48.5 Å². The molecule has 1 saturated carbocycles. The van der Waals surface area contributed by atoms with Gasteiger partial charge in [0.15, 0.2) is 0 Å². The monoisotopic (exact) mass is 354 g/mol. The van der Waals surface area contributed by atoms with Gasteiger partial charge in [-0.1, -0.05) is 24.3 Å². The van der Waals surface area contributed by atoms with Crippen LogP contribution in [-0.2, 0) is 17.1 Å². The van der Waals surface area contributed by atoms with E-state index < -0.39 is 0 Å². The Labute approximate surface area is 152 Å². The molecule has 2 amide bonds. The summed E-state index contributed by atoms with van der Waals surface area (Å²) in [6.45, 7) is 0.429. The summed E-state index contributed by atoms with van der Waals surface area (Å²) in [6.07, 6.45) is 4.01. The molecule has 4 nitrogen and oxygen atoms in total. The average molecular weight is 354 g/mol. The molecular weight excluding hydrogens is 332 g/mol. The molecule has 0 aromatic heterocycles. The van der Waals surface area contributed by atoms with Gasteiger partial charge in [0.1, 0.15) is 0 Å². The van der Waals surface area contributed by atoms with Crippen LogP contribution in [0.25, 0.3) is 0 Å². The average Bonchev–Trinajstić information content (AvgIpc) is 3.46. The fraction of sp³-hybridized carbons (Fsp3) is 0.300. The minimum Gasteiger partial charge on any atom is -0.348 e. The maximum absolute atomic E-state index is 12.3. The van der Waals surface area contributed by atoms with E-state index in [2.05, 4.69) is 10.6 Å². The van der Waals surface area contributed by atoms with Crippen molar-refractivity contribution < 1.29 is 9.59 Å². The quantitative estimate of drug-likeness (QED) is 0.794. The molecule has 2 aromatic rings. The summed E-state index contributed by atoms with van der Waals surface area (Å²) in [5.74, 6) is 1.07. The number of amides is 2. The molecule has 0 unspecified atom stereocenters. The number of nitrogens with one attached hydrogen (secondary N) is 2. The van der Waals surface area contributed by atoms with Gasteiger partial charge in [0.25, 0.3) is 5.91 Å². The van der Waals surface area contributed by atoms with Gasteiger partial charge in [-0.2, -0.15) is 11.8 Å². The third-order valence-corrected chi connectivity index (χ3v) is 4.72. The molecular formula is C20H22N2O2S. The van der Waals surface area contributed by atoms with Crippen LogP contribution in [0.1, 0.15) is 34.3 Å². The molecule has 0 radical (unpaired) electrons. The number of hydrogen-bond donors (Lipinski definition) is 2. The number of carbonyl (C=O) groups excluding carboxylic acids is 2. The summed E-state index contributed by atoms with van der Waals surface area (Å²) < 4.78 is 0. The molecule has 25 heavy (non-hydrogen) atoms. The van der Waals surface area contributed by atoms with E-state index in [0.717, 1.165) is 35.4 Å². The Morgan fingerprint density at radius 1 is 1.08 bits per heavy atom. The second-order valence-electron chi connectivity index (χ2n) is 6.28. The molecule has 0 heterocycles. The lowest BCUT2D eigenvalue weighted by Crippen LogP contribution is -2.23. The Morgan fingerprint density at radius 3 is 2.60 bits per heavy atom. The Morgan fingerprint density at radius 2 is 1.84 bits per heavy atom. The van der Waals surface area contributed by atoms with Gasteiger partial charge < -0.3 is 10.6 Å². The Bertz CT molecular complexity index is 772. The summed E-state index contributed by atoms with van der Waals surface area (Å²) in [4.78, 5) is 24.2. The van der Waals surface area contributed by atoms with Crippen molar-refractivity contribution in [2.45, 2.75) is 25.1 Å². The Kier molecular flexibility index (Phi) is 5.76. The first-order valence-electron chi connectivity index (χ1n) is 8.41. The highest BCUT2D eigenvalue weighted by Crippen LogP contribution is 2.30. The second-order valence-corrected chi connectivity index (χ2v) is 7.15. The van der Waals surface area contributed by atoms with Gasteiger partial charge in [-0.3, -0.25) is 9.59 Å². The van der Waals surface area contributed by atoms with Crippen LogP contribution in [0.3, 0.4) is 0 Å². The molecule has 0 saturated heterocycles. The van der Waals surface area contributed by atoms with Crippen LogP contribution < -0.4 is 10.6 Å². The molecule has 0 atom stereocenters. The van der Waals surface area contributed by atoms with Gasteiger partial charge in [0.05, 0.1) is 0 Å². The molecule has 1 aliphatic carbocycles. The summed E-state index contributed by atoms with van der Waals surface area (Å²) in [7, 11) is 0. The SMILES string of the molecule is CSCc1cccc(C(=O)NCc2cccc(NC(=O)C3CC3)c2)c1. The lowest BCUT2D eigenvalue weighted by atomic mass is 10.1. The normalized spacial score (nSPS) is 13.3. The molecule has 5 heteroatoms. The molecule has 1 fully saturated rings. The summed E-state index contributed by atoms with van der Waals surface area (Å²) in [5.41, 5.74) is 3.56. The standard InChI is InChI=1S/C20H22N2O2S/c1-25-13-15-5-2-6-17(10-15)19(23)21-12-14-4-3-7-18(11-14)22-20(24)16-8-9-16/h2-7,10-11,16H,8-9,12-13H2,1H3,(H,21,23)(H,22,24). The van der Waals surface area contributed by atoms with Crippen LogP contribution >= 0.6 is 11.8 Å². The van der Waals surface area contributed by atoms with Crippen molar-refractivity contribution in [1.29, 1.82) is 0 Å². The van der Waals surface area contributed by atoms with E-state index in [9.17, 15) is 9.59 Å². The molecule has 130 valence electrons. The van der Waals surface area contributed by atoms with E-state index in [-0.39, 0.29) is 17.7 Å². The first-order chi connectivity index (χ1) is 12.2. The first kappa shape index (κ1) is 17.5. The van der Waals surface area contributed by atoms with Crippen LogP contribution in [0.5, 0.6) is 0 Å². The zero-order valence-corrected chi connectivity index (χ0v) is 15.1. The van der Waals surface area contributed by atoms with Crippen molar-refractivity contribution in [1.82, 2.24) is 5.32 Å². The van der Waals surface area contributed by atoms with Crippen molar-refractivity contribution in [3.63, 3.8) is 0 Å². The van der Waals surface area contributed by atoms with Crippen LogP contribution in [0.4, 0.5) is 5.69 Å². The van der Waals surface area contributed by atoms with Crippen molar-refractivity contribution in [2.24, 2.45) is 5.92 Å². The van der Waals surface area contributed by atoms with E-state index >= 15 is 0 Å². The minimum atomic E-state index is -0.0876. The zero-order valence-electron chi connectivity index (χ0n) is 14.2. The predicted molar refractivity (Wildman–Crippen MR) is 103 cm³/mol. The van der Waals surface area contributed by atoms with Crippen molar-refractivity contribution in [3.8, 4) is 0 Å². The van der Waals surface area contributed by atoms with Crippen molar-refractivity contribution in [2.75, 3.05) is 11.6 Å². The minimum absolute atomic E-state index is 0.0876. The van der Waals surface area contributed by atoms with E-state index in [1.165, 1.54) is 0 Å². The van der Waals surface area contributed by atoms with Crippen LogP contribution in [0, 0.1) is 5.92 Å². The van der Waals surface area contributed by atoms with Gasteiger partial charge in [-0.15, -0.1) is 0 Å². The molecule has 0 spiro atoms. The summed E-state index contributed by atoms with van der Waals surface area (Å²) >= 11 is 1.73. The third kappa shape index (κ3) is 5.10. The Hall–Kier alpha value is -2.27. The number of carbonyl (C=O) groups is 2. The van der Waals surface area contributed by atoms with Gasteiger partial charge in [-0.25, -0.2) is 0 Å². The highest BCUT2D eigenvalue weighted by atomic mass is 32.2. The Balaban J connectivity index is 1.58. The lowest BCUT2D eigenvalue weighted by molar-refractivity contribution is -0.117. The van der Waals surface area contributed by atoms with Crippen LogP contribution in [0.2, 0.25) is 0 Å². The molecule has 1 aliphatic rings. The van der Waals surface area contributed by atoms with E-state index in [1.807, 2.05) is 54.8 Å². The van der Waals surface area contributed by atoms with Gasteiger partial charge in [0.2, 0.25) is 5.91 Å². The van der Waals surface area contributed by atoms with Gasteiger partial charge in [0, 0.05) is 29.5 Å². The first-order valence-corrected chi connectivity index (χ1v) is 9.81. The highest BCUT2D eigenvalue weighted by molar-refractivity contribution is 7.97. The van der Waals surface area contributed by atoms with Gasteiger partial charge in [-0.05, 0) is 54.5 Å². The number of hydrogen-bond acceptors (Lipinski definition) is 3. The zero-order chi connectivity index (χ0) is 17.6.